The second-order valence-corrected chi connectivity index (χ2v) is 8.23. The van der Waals surface area contributed by atoms with Crippen molar-refractivity contribution >= 4 is 29.7 Å². The van der Waals surface area contributed by atoms with Crippen LogP contribution >= 0.6 is 0 Å². The number of rotatable bonds is 15. The van der Waals surface area contributed by atoms with Gasteiger partial charge in [0.1, 0.15) is 12.1 Å². The van der Waals surface area contributed by atoms with Crippen molar-refractivity contribution in [2.24, 2.45) is 34.0 Å². The van der Waals surface area contributed by atoms with Crippen LogP contribution in [0.2, 0.25) is 0 Å². The standard InChI is InChI=1S/C20H39N7O5/c1-5-12(4)16(19(31)32)27-15(28)10-25-18(30)14(9-11(2)3)26-17(29)13(21)7-6-8-24-20(22)23/h11-14,16H,5-10,21H2,1-4H3,(H,25,30)(H,26,29)(H,27,28)(H,31,32)(H4,22,23,24). The monoisotopic (exact) mass is 457 g/mol. The molecule has 4 atom stereocenters. The summed E-state index contributed by atoms with van der Waals surface area (Å²) in [5.41, 5.74) is 16.4. The molecule has 3 amide bonds. The molecule has 32 heavy (non-hydrogen) atoms. The molecular formula is C20H39N7O5. The molecule has 0 aromatic carbocycles. The Morgan fingerprint density at radius 3 is 2.16 bits per heavy atom. The molecule has 12 nitrogen and oxygen atoms in total. The number of guanidine groups is 1. The third-order valence-electron chi connectivity index (χ3n) is 4.86. The molecule has 4 unspecified atom stereocenters. The minimum atomic E-state index is -1.14. The number of nitrogens with one attached hydrogen (secondary N) is 3. The zero-order valence-electron chi connectivity index (χ0n) is 19.4. The number of aliphatic carboxylic acids is 1. The topological polar surface area (TPSA) is 215 Å². The normalized spacial score (nSPS) is 14.6. The lowest BCUT2D eigenvalue weighted by molar-refractivity contribution is -0.143. The zero-order chi connectivity index (χ0) is 24.8. The molecule has 0 rings (SSSR count). The molecule has 0 fully saturated rings. The molecule has 0 bridgehead atoms. The van der Waals surface area contributed by atoms with Gasteiger partial charge in [0.25, 0.3) is 0 Å². The summed E-state index contributed by atoms with van der Waals surface area (Å²) in [5, 5.41) is 16.7. The van der Waals surface area contributed by atoms with Gasteiger partial charge in [0.15, 0.2) is 5.96 Å². The van der Waals surface area contributed by atoms with Gasteiger partial charge in [-0.25, -0.2) is 4.79 Å². The number of carbonyl (C=O) groups is 4. The fourth-order valence-electron chi connectivity index (χ4n) is 2.83. The van der Waals surface area contributed by atoms with Crippen LogP contribution in [0.5, 0.6) is 0 Å². The SMILES string of the molecule is CCC(C)C(NC(=O)CNC(=O)C(CC(C)C)NC(=O)C(N)CCCN=C(N)N)C(=O)O. The van der Waals surface area contributed by atoms with Crippen LogP contribution in [0.25, 0.3) is 0 Å². The molecule has 0 heterocycles. The quantitative estimate of drug-likeness (QED) is 0.0882. The van der Waals surface area contributed by atoms with Gasteiger partial charge in [-0.2, -0.15) is 0 Å². The van der Waals surface area contributed by atoms with Crippen molar-refractivity contribution in [1.29, 1.82) is 0 Å². The predicted molar refractivity (Wildman–Crippen MR) is 121 cm³/mol. The molecule has 0 radical (unpaired) electrons. The Morgan fingerprint density at radius 2 is 1.66 bits per heavy atom. The summed E-state index contributed by atoms with van der Waals surface area (Å²) < 4.78 is 0. The summed E-state index contributed by atoms with van der Waals surface area (Å²) in [7, 11) is 0. The molecule has 0 aliphatic heterocycles. The van der Waals surface area contributed by atoms with Crippen LogP contribution in [0.3, 0.4) is 0 Å². The third-order valence-corrected chi connectivity index (χ3v) is 4.86. The Bertz CT molecular complexity index is 665. The molecule has 12 heteroatoms. The fourth-order valence-corrected chi connectivity index (χ4v) is 2.83. The van der Waals surface area contributed by atoms with E-state index in [0.717, 1.165) is 0 Å². The highest BCUT2D eigenvalue weighted by atomic mass is 16.4. The van der Waals surface area contributed by atoms with Crippen LogP contribution in [0.15, 0.2) is 4.99 Å². The van der Waals surface area contributed by atoms with Crippen LogP contribution in [0.1, 0.15) is 53.4 Å². The summed E-state index contributed by atoms with van der Waals surface area (Å²) >= 11 is 0. The largest absolute Gasteiger partial charge is 0.480 e. The molecule has 0 saturated heterocycles. The summed E-state index contributed by atoms with van der Waals surface area (Å²) in [6.07, 6.45) is 1.73. The average molecular weight is 458 g/mol. The highest BCUT2D eigenvalue weighted by molar-refractivity contribution is 5.92. The van der Waals surface area contributed by atoms with Gasteiger partial charge in [0, 0.05) is 6.54 Å². The minimum absolute atomic E-state index is 0.0421. The number of nitrogens with zero attached hydrogens (tertiary/aromatic N) is 1. The Kier molecular flexibility index (Phi) is 13.6. The second-order valence-electron chi connectivity index (χ2n) is 8.23. The Hall–Kier alpha value is -2.89. The maximum absolute atomic E-state index is 12.6. The Balaban J connectivity index is 4.83. The number of nitrogens with two attached hydrogens (primary N) is 3. The molecule has 0 saturated carbocycles. The summed E-state index contributed by atoms with van der Waals surface area (Å²) in [6.45, 7) is 7.23. The van der Waals surface area contributed by atoms with Crippen molar-refractivity contribution in [1.82, 2.24) is 16.0 Å². The van der Waals surface area contributed by atoms with E-state index >= 15 is 0 Å². The first kappa shape index (κ1) is 29.1. The first-order valence-corrected chi connectivity index (χ1v) is 10.8. The molecule has 184 valence electrons. The van der Waals surface area contributed by atoms with Crippen LogP contribution in [-0.2, 0) is 19.2 Å². The summed E-state index contributed by atoms with van der Waals surface area (Å²) in [5.74, 6) is -3.05. The lowest BCUT2D eigenvalue weighted by atomic mass is 9.99. The lowest BCUT2D eigenvalue weighted by Crippen LogP contribution is -2.54. The van der Waals surface area contributed by atoms with Crippen molar-refractivity contribution in [3.05, 3.63) is 0 Å². The minimum Gasteiger partial charge on any atom is -0.480 e. The van der Waals surface area contributed by atoms with E-state index in [2.05, 4.69) is 20.9 Å². The first-order chi connectivity index (χ1) is 14.9. The van der Waals surface area contributed by atoms with Gasteiger partial charge in [0.2, 0.25) is 17.7 Å². The van der Waals surface area contributed by atoms with E-state index in [1.165, 1.54) is 0 Å². The van der Waals surface area contributed by atoms with Crippen molar-refractivity contribution in [3.8, 4) is 0 Å². The van der Waals surface area contributed by atoms with Gasteiger partial charge in [-0.3, -0.25) is 19.4 Å². The van der Waals surface area contributed by atoms with E-state index in [4.69, 9.17) is 17.2 Å². The van der Waals surface area contributed by atoms with E-state index in [1.54, 1.807) is 6.92 Å². The molecule has 10 N–H and O–H groups in total. The zero-order valence-corrected chi connectivity index (χ0v) is 19.4. The van der Waals surface area contributed by atoms with Gasteiger partial charge in [-0.05, 0) is 31.1 Å². The van der Waals surface area contributed by atoms with Gasteiger partial charge in [0.05, 0.1) is 12.6 Å². The number of carbonyl (C=O) groups excluding carboxylic acids is 3. The van der Waals surface area contributed by atoms with Crippen molar-refractivity contribution < 1.29 is 24.3 Å². The van der Waals surface area contributed by atoms with Gasteiger partial charge in [-0.15, -0.1) is 0 Å². The Labute approximate surface area is 189 Å². The van der Waals surface area contributed by atoms with Gasteiger partial charge >= 0.3 is 5.97 Å². The summed E-state index contributed by atoms with van der Waals surface area (Å²) in [4.78, 5) is 52.2. The van der Waals surface area contributed by atoms with E-state index < -0.39 is 48.4 Å². The van der Waals surface area contributed by atoms with Crippen LogP contribution < -0.4 is 33.2 Å². The van der Waals surface area contributed by atoms with Crippen molar-refractivity contribution in [2.75, 3.05) is 13.1 Å². The highest BCUT2D eigenvalue weighted by Gasteiger charge is 2.27. The van der Waals surface area contributed by atoms with Crippen LogP contribution in [0, 0.1) is 11.8 Å². The number of aliphatic imine (C=N–C) groups is 1. The second kappa shape index (κ2) is 15.0. The first-order valence-electron chi connectivity index (χ1n) is 10.8. The third kappa shape index (κ3) is 12.1. The maximum Gasteiger partial charge on any atom is 0.326 e. The molecule has 0 aromatic heterocycles. The summed E-state index contributed by atoms with van der Waals surface area (Å²) in [6, 6.07) is -2.78. The van der Waals surface area contributed by atoms with Gasteiger partial charge in [-0.1, -0.05) is 34.1 Å². The maximum atomic E-state index is 12.6. The average Bonchev–Trinajstić information content (AvgIpc) is 2.71. The van der Waals surface area contributed by atoms with Crippen molar-refractivity contribution in [2.45, 2.75) is 71.5 Å². The van der Waals surface area contributed by atoms with Crippen molar-refractivity contribution in [3.63, 3.8) is 0 Å². The number of carboxylic acid groups (broad SMARTS) is 1. The number of hydrogen-bond donors (Lipinski definition) is 7. The predicted octanol–water partition coefficient (Wildman–Crippen LogP) is -1.37. The van der Waals surface area contributed by atoms with E-state index in [-0.39, 0.29) is 17.8 Å². The van der Waals surface area contributed by atoms with E-state index in [1.807, 2.05) is 20.8 Å². The molecule has 0 spiro atoms. The number of carboxylic acids is 1. The van der Waals surface area contributed by atoms with Crippen LogP contribution in [-0.4, -0.2) is 66.0 Å². The highest BCUT2D eigenvalue weighted by Crippen LogP contribution is 2.08. The van der Waals surface area contributed by atoms with Gasteiger partial charge < -0.3 is 38.3 Å². The van der Waals surface area contributed by atoms with Crippen LogP contribution in [0.4, 0.5) is 0 Å². The fraction of sp³-hybridized carbons (Fsp3) is 0.750. The lowest BCUT2D eigenvalue weighted by Gasteiger charge is -2.23. The molecular weight excluding hydrogens is 418 g/mol. The molecule has 0 aliphatic carbocycles. The van der Waals surface area contributed by atoms with E-state index in [9.17, 15) is 24.3 Å². The molecule has 0 aromatic rings. The number of hydrogen-bond acceptors (Lipinski definition) is 6. The Morgan fingerprint density at radius 1 is 1.03 bits per heavy atom. The van der Waals surface area contributed by atoms with E-state index in [0.29, 0.717) is 32.2 Å². The smallest absolute Gasteiger partial charge is 0.326 e. The molecule has 0 aliphatic rings. The number of amides is 3.